The number of carbonyl (C=O) groups is 1. The van der Waals surface area contributed by atoms with Gasteiger partial charge in [-0.2, -0.15) is 0 Å². The largest absolute Gasteiger partial charge is 0.481 e. The van der Waals surface area contributed by atoms with E-state index in [4.69, 9.17) is 0 Å². The van der Waals surface area contributed by atoms with Crippen molar-refractivity contribution in [3.63, 3.8) is 0 Å². The number of carboxylic acid groups (broad SMARTS) is 1. The van der Waals surface area contributed by atoms with Crippen molar-refractivity contribution in [2.45, 2.75) is 25.2 Å². The van der Waals surface area contributed by atoms with Gasteiger partial charge in [0.25, 0.3) is 0 Å². The Morgan fingerprint density at radius 1 is 1.29 bits per heavy atom. The predicted molar refractivity (Wildman–Crippen MR) is 65.0 cm³/mol. The zero-order valence-electron chi connectivity index (χ0n) is 9.60. The average Bonchev–Trinajstić information content (AvgIpc) is 3.09. The average molecular weight is 227 g/mol. The third-order valence-corrected chi connectivity index (χ3v) is 3.54. The summed E-state index contributed by atoms with van der Waals surface area (Å²) >= 11 is 0. The highest BCUT2D eigenvalue weighted by atomic mass is 16.4. The second kappa shape index (κ2) is 3.29. The number of hydrogen-bond donors (Lipinski definition) is 1. The molecule has 1 aliphatic rings. The molecule has 1 aromatic heterocycles. The van der Waals surface area contributed by atoms with E-state index in [0.29, 0.717) is 0 Å². The summed E-state index contributed by atoms with van der Waals surface area (Å²) in [5.74, 6) is -0.711. The summed E-state index contributed by atoms with van der Waals surface area (Å²) in [6, 6.07) is 9.73. The van der Waals surface area contributed by atoms with E-state index in [1.165, 1.54) is 0 Å². The van der Waals surface area contributed by atoms with Gasteiger partial charge in [-0.3, -0.25) is 9.78 Å². The molecule has 0 saturated heterocycles. The molecule has 0 unspecified atom stereocenters. The quantitative estimate of drug-likeness (QED) is 0.858. The Morgan fingerprint density at radius 3 is 2.71 bits per heavy atom. The summed E-state index contributed by atoms with van der Waals surface area (Å²) < 4.78 is 0. The molecular formula is C14H13NO2. The normalized spacial score (nSPS) is 17.0. The maximum atomic E-state index is 11.3. The Bertz CT molecular complexity index is 615. The molecule has 1 fully saturated rings. The van der Waals surface area contributed by atoms with Gasteiger partial charge in [-0.05, 0) is 43.5 Å². The lowest BCUT2D eigenvalue weighted by atomic mass is 9.95. The lowest BCUT2D eigenvalue weighted by molar-refractivity contribution is -0.140. The van der Waals surface area contributed by atoms with Crippen LogP contribution in [-0.2, 0) is 10.2 Å². The van der Waals surface area contributed by atoms with Gasteiger partial charge in [0.2, 0.25) is 0 Å². The fourth-order valence-electron chi connectivity index (χ4n) is 2.28. The molecule has 0 spiro atoms. The second-order valence-electron chi connectivity index (χ2n) is 4.75. The van der Waals surface area contributed by atoms with Crippen molar-refractivity contribution in [2.75, 3.05) is 0 Å². The van der Waals surface area contributed by atoms with Crippen LogP contribution in [0.3, 0.4) is 0 Å². The molecule has 1 aromatic carbocycles. The van der Waals surface area contributed by atoms with Gasteiger partial charge >= 0.3 is 5.97 Å². The Hall–Kier alpha value is -1.90. The smallest absolute Gasteiger partial charge is 0.314 e. The number of carboxylic acids is 1. The number of fused-ring (bicyclic) bond motifs is 1. The van der Waals surface area contributed by atoms with Crippen molar-refractivity contribution in [3.8, 4) is 0 Å². The molecule has 3 heteroatoms. The number of pyridine rings is 1. The topological polar surface area (TPSA) is 50.2 Å². The zero-order chi connectivity index (χ0) is 12.0. The van der Waals surface area contributed by atoms with E-state index in [1.54, 1.807) is 0 Å². The highest BCUT2D eigenvalue weighted by Crippen LogP contribution is 2.48. The summed E-state index contributed by atoms with van der Waals surface area (Å²) in [6.07, 6.45) is 1.49. The number of rotatable bonds is 2. The third-order valence-electron chi connectivity index (χ3n) is 3.54. The minimum atomic E-state index is -0.711. The first-order valence-corrected chi connectivity index (χ1v) is 5.73. The van der Waals surface area contributed by atoms with Crippen LogP contribution in [0.5, 0.6) is 0 Å². The predicted octanol–water partition coefficient (Wildman–Crippen LogP) is 2.66. The van der Waals surface area contributed by atoms with Crippen LogP contribution in [0.25, 0.3) is 10.9 Å². The molecule has 3 rings (SSSR count). The number of hydrogen-bond acceptors (Lipinski definition) is 2. The molecule has 1 heterocycles. The van der Waals surface area contributed by atoms with Gasteiger partial charge in [-0.25, -0.2) is 0 Å². The molecule has 0 bridgehead atoms. The first-order chi connectivity index (χ1) is 8.12. The van der Waals surface area contributed by atoms with Gasteiger partial charge in [0, 0.05) is 11.1 Å². The molecule has 0 radical (unpaired) electrons. The number of nitrogens with zero attached hydrogens (tertiary/aromatic N) is 1. The SMILES string of the molecule is Cc1ccc2cc(C3(C(=O)O)CC3)ccc2n1. The van der Waals surface area contributed by atoms with Crippen molar-refractivity contribution >= 4 is 16.9 Å². The molecule has 1 saturated carbocycles. The summed E-state index contributed by atoms with van der Waals surface area (Å²) in [5, 5.41) is 10.3. The molecule has 17 heavy (non-hydrogen) atoms. The zero-order valence-corrected chi connectivity index (χ0v) is 9.60. The first-order valence-electron chi connectivity index (χ1n) is 5.73. The van der Waals surface area contributed by atoms with Crippen LogP contribution in [0.15, 0.2) is 30.3 Å². The van der Waals surface area contributed by atoms with Gasteiger partial charge in [-0.15, -0.1) is 0 Å². The molecule has 1 aliphatic carbocycles. The van der Waals surface area contributed by atoms with Crippen LogP contribution in [-0.4, -0.2) is 16.1 Å². The van der Waals surface area contributed by atoms with E-state index in [-0.39, 0.29) is 0 Å². The summed E-state index contributed by atoms with van der Waals surface area (Å²) in [5.41, 5.74) is 2.18. The van der Waals surface area contributed by atoms with Crippen LogP contribution in [0.1, 0.15) is 24.1 Å². The van der Waals surface area contributed by atoms with Crippen molar-refractivity contribution in [2.24, 2.45) is 0 Å². The number of aliphatic carboxylic acids is 1. The fourth-order valence-corrected chi connectivity index (χ4v) is 2.28. The van der Waals surface area contributed by atoms with Gasteiger partial charge in [0.15, 0.2) is 0 Å². The van der Waals surface area contributed by atoms with Crippen molar-refractivity contribution in [1.82, 2.24) is 4.98 Å². The maximum absolute atomic E-state index is 11.3. The second-order valence-corrected chi connectivity index (χ2v) is 4.75. The Balaban J connectivity index is 2.15. The van der Waals surface area contributed by atoms with E-state index in [9.17, 15) is 9.90 Å². The number of aromatic nitrogens is 1. The maximum Gasteiger partial charge on any atom is 0.314 e. The van der Waals surface area contributed by atoms with Gasteiger partial charge in [0.1, 0.15) is 0 Å². The monoisotopic (exact) mass is 227 g/mol. The molecule has 86 valence electrons. The van der Waals surface area contributed by atoms with E-state index < -0.39 is 11.4 Å². The lowest BCUT2D eigenvalue weighted by Gasteiger charge is -2.10. The highest BCUT2D eigenvalue weighted by molar-refractivity contribution is 5.88. The van der Waals surface area contributed by atoms with Crippen LogP contribution < -0.4 is 0 Å². The molecule has 0 aliphatic heterocycles. The molecule has 2 aromatic rings. The van der Waals surface area contributed by atoms with Crippen molar-refractivity contribution in [1.29, 1.82) is 0 Å². The van der Waals surface area contributed by atoms with E-state index in [2.05, 4.69) is 4.98 Å². The van der Waals surface area contributed by atoms with Gasteiger partial charge in [0.05, 0.1) is 10.9 Å². The summed E-state index contributed by atoms with van der Waals surface area (Å²) in [4.78, 5) is 15.7. The minimum Gasteiger partial charge on any atom is -0.481 e. The van der Waals surface area contributed by atoms with Crippen molar-refractivity contribution in [3.05, 3.63) is 41.6 Å². The summed E-state index contributed by atoms with van der Waals surface area (Å²) in [6.45, 7) is 1.95. The van der Waals surface area contributed by atoms with Crippen molar-refractivity contribution < 1.29 is 9.90 Å². The van der Waals surface area contributed by atoms with E-state index in [0.717, 1.165) is 35.0 Å². The summed E-state index contributed by atoms with van der Waals surface area (Å²) in [7, 11) is 0. The minimum absolute atomic E-state index is 0.626. The Labute approximate surface area is 99.1 Å². The molecule has 0 atom stereocenters. The van der Waals surface area contributed by atoms with Crippen LogP contribution in [0.2, 0.25) is 0 Å². The first kappa shape index (κ1) is 10.3. The van der Waals surface area contributed by atoms with Crippen LogP contribution in [0.4, 0.5) is 0 Å². The Kier molecular flexibility index (Phi) is 1.99. The molecular weight excluding hydrogens is 214 g/mol. The van der Waals surface area contributed by atoms with Gasteiger partial charge in [-0.1, -0.05) is 12.1 Å². The lowest BCUT2D eigenvalue weighted by Crippen LogP contribution is -2.19. The Morgan fingerprint density at radius 2 is 2.06 bits per heavy atom. The van der Waals surface area contributed by atoms with Crippen LogP contribution in [0, 0.1) is 6.92 Å². The molecule has 1 N–H and O–H groups in total. The van der Waals surface area contributed by atoms with E-state index in [1.807, 2.05) is 37.3 Å². The fraction of sp³-hybridized carbons (Fsp3) is 0.286. The number of aryl methyl sites for hydroxylation is 1. The van der Waals surface area contributed by atoms with E-state index >= 15 is 0 Å². The van der Waals surface area contributed by atoms with Crippen LogP contribution >= 0.6 is 0 Å². The molecule has 3 nitrogen and oxygen atoms in total. The highest BCUT2D eigenvalue weighted by Gasteiger charge is 2.51. The number of benzene rings is 1. The third kappa shape index (κ3) is 1.50. The van der Waals surface area contributed by atoms with Gasteiger partial charge < -0.3 is 5.11 Å². The standard InChI is InChI=1S/C14H13NO2/c1-9-2-3-10-8-11(4-5-12(10)15-9)14(6-7-14)13(16)17/h2-5,8H,6-7H2,1H3,(H,16,17). The molecule has 0 amide bonds.